The lowest BCUT2D eigenvalue weighted by Crippen LogP contribution is -2.30. The SMILES string of the molecule is CCCCCCCCCCCCC(=O)OC[C@@H](COC(=O)CCCCCCCCCCCCCCCCCCCCC(C)CC)OC(=O)CCCCCCCCCCCCCCCCC(C)C. The maximum Gasteiger partial charge on any atom is 0.306 e. The summed E-state index contributed by atoms with van der Waals surface area (Å²) in [5.74, 6) is 0.915. The first-order valence-electron chi connectivity index (χ1n) is 30.3. The van der Waals surface area contributed by atoms with E-state index in [4.69, 9.17) is 14.2 Å². The van der Waals surface area contributed by atoms with Crippen LogP contribution < -0.4 is 0 Å². The van der Waals surface area contributed by atoms with Crippen LogP contribution in [0.3, 0.4) is 0 Å². The van der Waals surface area contributed by atoms with Gasteiger partial charge in [-0.2, -0.15) is 0 Å². The van der Waals surface area contributed by atoms with Crippen molar-refractivity contribution in [2.45, 2.75) is 349 Å². The Labute approximate surface area is 418 Å². The molecule has 0 aliphatic carbocycles. The predicted octanol–water partition coefficient (Wildman–Crippen LogP) is 20.0. The van der Waals surface area contributed by atoms with Crippen molar-refractivity contribution in [3.8, 4) is 0 Å². The third-order valence-corrected chi connectivity index (χ3v) is 14.3. The van der Waals surface area contributed by atoms with Crippen LogP contribution in [-0.2, 0) is 28.6 Å². The van der Waals surface area contributed by atoms with Crippen LogP contribution >= 0.6 is 0 Å². The van der Waals surface area contributed by atoms with Gasteiger partial charge in [-0.15, -0.1) is 0 Å². The number of ether oxygens (including phenoxy) is 3. The van der Waals surface area contributed by atoms with E-state index in [2.05, 4.69) is 34.6 Å². The van der Waals surface area contributed by atoms with Crippen LogP contribution in [0.4, 0.5) is 0 Å². The summed E-state index contributed by atoms with van der Waals surface area (Å²) in [6.45, 7) is 11.5. The second-order valence-electron chi connectivity index (χ2n) is 21.7. The molecule has 0 fully saturated rings. The van der Waals surface area contributed by atoms with Gasteiger partial charge < -0.3 is 14.2 Å². The summed E-state index contributed by atoms with van der Waals surface area (Å²) in [5.41, 5.74) is 0. The quantitative estimate of drug-likeness (QED) is 0.0343. The summed E-state index contributed by atoms with van der Waals surface area (Å²) in [6, 6.07) is 0. The number of esters is 3. The fourth-order valence-corrected chi connectivity index (χ4v) is 9.37. The van der Waals surface area contributed by atoms with Crippen molar-refractivity contribution in [1.29, 1.82) is 0 Å². The van der Waals surface area contributed by atoms with Crippen molar-refractivity contribution in [3.05, 3.63) is 0 Å². The molecule has 2 atom stereocenters. The van der Waals surface area contributed by atoms with Gasteiger partial charge in [0.05, 0.1) is 0 Å². The van der Waals surface area contributed by atoms with E-state index in [1.165, 1.54) is 231 Å². The van der Waals surface area contributed by atoms with Crippen LogP contribution in [0.25, 0.3) is 0 Å². The van der Waals surface area contributed by atoms with Gasteiger partial charge in [-0.3, -0.25) is 14.4 Å². The molecule has 0 aliphatic heterocycles. The number of hydrogen-bond acceptors (Lipinski definition) is 6. The molecule has 0 radical (unpaired) electrons. The van der Waals surface area contributed by atoms with Crippen molar-refractivity contribution in [1.82, 2.24) is 0 Å². The Balaban J connectivity index is 4.19. The fraction of sp³-hybridized carbons (Fsp3) is 0.951. The summed E-state index contributed by atoms with van der Waals surface area (Å²) in [6.07, 6.45) is 58.1. The molecular formula is C61H118O6. The number of hydrogen-bond donors (Lipinski definition) is 0. The summed E-state index contributed by atoms with van der Waals surface area (Å²) in [5, 5.41) is 0. The first-order chi connectivity index (χ1) is 32.8. The highest BCUT2D eigenvalue weighted by Gasteiger charge is 2.19. The van der Waals surface area contributed by atoms with Crippen LogP contribution in [0.15, 0.2) is 0 Å². The molecule has 0 spiro atoms. The standard InChI is InChI=1S/C61H118O6/c1-6-8-9-10-11-12-31-36-41-46-51-59(62)65-54-58(67-61(64)53-48-43-38-33-28-24-20-19-21-25-29-34-39-44-49-56(3)4)55-66-60(63)52-47-42-37-32-27-23-18-16-14-13-15-17-22-26-30-35-40-45-50-57(5)7-2/h56-58H,6-55H2,1-5H3/t57?,58-/m0/s1. The molecule has 1 unspecified atom stereocenters. The van der Waals surface area contributed by atoms with Gasteiger partial charge in [-0.1, -0.05) is 304 Å². The van der Waals surface area contributed by atoms with Crippen molar-refractivity contribution in [2.75, 3.05) is 13.2 Å². The summed E-state index contributed by atoms with van der Waals surface area (Å²) >= 11 is 0. The Morgan fingerprint density at radius 1 is 0.313 bits per heavy atom. The molecule has 0 bridgehead atoms. The molecule has 0 aromatic rings. The van der Waals surface area contributed by atoms with Crippen LogP contribution in [0, 0.1) is 11.8 Å². The molecule has 0 N–H and O–H groups in total. The van der Waals surface area contributed by atoms with E-state index in [1.54, 1.807) is 0 Å². The monoisotopic (exact) mass is 947 g/mol. The van der Waals surface area contributed by atoms with Gasteiger partial charge >= 0.3 is 17.9 Å². The van der Waals surface area contributed by atoms with E-state index in [1.807, 2.05) is 0 Å². The van der Waals surface area contributed by atoms with Crippen LogP contribution in [0.5, 0.6) is 0 Å². The second kappa shape index (κ2) is 53.8. The lowest BCUT2D eigenvalue weighted by molar-refractivity contribution is -0.167. The number of unbranched alkanes of at least 4 members (excludes halogenated alkanes) is 39. The molecule has 398 valence electrons. The Morgan fingerprint density at radius 3 is 0.851 bits per heavy atom. The maximum absolute atomic E-state index is 12.9. The highest BCUT2D eigenvalue weighted by molar-refractivity contribution is 5.71. The van der Waals surface area contributed by atoms with Crippen LogP contribution in [0.2, 0.25) is 0 Å². The average Bonchev–Trinajstić information content (AvgIpc) is 3.31. The van der Waals surface area contributed by atoms with Crippen LogP contribution in [0.1, 0.15) is 343 Å². The largest absolute Gasteiger partial charge is 0.462 e. The van der Waals surface area contributed by atoms with Gasteiger partial charge in [0, 0.05) is 19.3 Å². The summed E-state index contributed by atoms with van der Waals surface area (Å²) < 4.78 is 16.9. The maximum atomic E-state index is 12.9. The third kappa shape index (κ3) is 53.6. The van der Waals surface area contributed by atoms with E-state index < -0.39 is 6.10 Å². The molecule has 6 heteroatoms. The Bertz CT molecular complexity index is 1030. The lowest BCUT2D eigenvalue weighted by Gasteiger charge is -2.18. The number of carbonyl (C=O) groups is 3. The highest BCUT2D eigenvalue weighted by Crippen LogP contribution is 2.19. The topological polar surface area (TPSA) is 78.9 Å². The highest BCUT2D eigenvalue weighted by atomic mass is 16.6. The minimum Gasteiger partial charge on any atom is -0.462 e. The van der Waals surface area contributed by atoms with Gasteiger partial charge in [-0.25, -0.2) is 0 Å². The van der Waals surface area contributed by atoms with Crippen molar-refractivity contribution < 1.29 is 28.6 Å². The third-order valence-electron chi connectivity index (χ3n) is 14.3. The van der Waals surface area contributed by atoms with Crippen molar-refractivity contribution >= 4 is 17.9 Å². The molecule has 0 aromatic heterocycles. The molecule has 0 heterocycles. The molecule has 0 saturated heterocycles. The summed E-state index contributed by atoms with van der Waals surface area (Å²) in [7, 11) is 0. The molecule has 0 saturated carbocycles. The fourth-order valence-electron chi connectivity index (χ4n) is 9.37. The second-order valence-corrected chi connectivity index (χ2v) is 21.7. The van der Waals surface area contributed by atoms with E-state index in [-0.39, 0.29) is 31.1 Å². The lowest BCUT2D eigenvalue weighted by atomic mass is 9.99. The normalized spacial score (nSPS) is 12.4. The van der Waals surface area contributed by atoms with Crippen LogP contribution in [-0.4, -0.2) is 37.2 Å². The van der Waals surface area contributed by atoms with E-state index in [9.17, 15) is 14.4 Å². The van der Waals surface area contributed by atoms with Crippen molar-refractivity contribution in [2.24, 2.45) is 11.8 Å². The Morgan fingerprint density at radius 2 is 0.567 bits per heavy atom. The molecule has 0 aliphatic rings. The zero-order valence-electron chi connectivity index (χ0n) is 46.0. The zero-order valence-corrected chi connectivity index (χ0v) is 46.0. The molecular weight excluding hydrogens is 829 g/mol. The average molecular weight is 948 g/mol. The molecule has 0 aromatic carbocycles. The molecule has 0 amide bonds. The number of carbonyl (C=O) groups excluding carboxylic acids is 3. The van der Waals surface area contributed by atoms with E-state index >= 15 is 0 Å². The Hall–Kier alpha value is -1.59. The molecule has 6 nitrogen and oxygen atoms in total. The van der Waals surface area contributed by atoms with Gasteiger partial charge in [-0.05, 0) is 31.1 Å². The van der Waals surface area contributed by atoms with Crippen molar-refractivity contribution in [3.63, 3.8) is 0 Å². The predicted molar refractivity (Wildman–Crippen MR) is 289 cm³/mol. The van der Waals surface area contributed by atoms with Gasteiger partial charge in [0.25, 0.3) is 0 Å². The first kappa shape index (κ1) is 65.4. The zero-order chi connectivity index (χ0) is 48.9. The minimum absolute atomic E-state index is 0.0624. The minimum atomic E-state index is -0.762. The van der Waals surface area contributed by atoms with Gasteiger partial charge in [0.2, 0.25) is 0 Å². The first-order valence-corrected chi connectivity index (χ1v) is 30.3. The van der Waals surface area contributed by atoms with Gasteiger partial charge in [0.15, 0.2) is 6.10 Å². The Kier molecular flexibility index (Phi) is 52.5. The van der Waals surface area contributed by atoms with E-state index in [0.717, 1.165) is 69.6 Å². The molecule has 0 rings (SSSR count). The smallest absolute Gasteiger partial charge is 0.306 e. The number of rotatable bonds is 55. The summed E-state index contributed by atoms with van der Waals surface area (Å²) in [4.78, 5) is 38.1. The van der Waals surface area contributed by atoms with E-state index in [0.29, 0.717) is 19.3 Å². The van der Waals surface area contributed by atoms with Gasteiger partial charge in [0.1, 0.15) is 13.2 Å². The molecule has 67 heavy (non-hydrogen) atoms.